The normalized spacial score (nSPS) is 20.5. The lowest BCUT2D eigenvalue weighted by Gasteiger charge is -2.47. The largest absolute Gasteiger partial charge is 0.494 e. The van der Waals surface area contributed by atoms with Crippen LogP contribution in [0, 0.1) is 0 Å². The molecule has 0 aliphatic carbocycles. The average molecular weight is 415 g/mol. The van der Waals surface area contributed by atoms with Crippen LogP contribution in [0.15, 0.2) is 61.2 Å². The summed E-state index contributed by atoms with van der Waals surface area (Å²) in [6.45, 7) is 6.63. The number of ether oxygens (including phenoxy) is 1. The minimum atomic E-state index is -0.549. The summed E-state index contributed by atoms with van der Waals surface area (Å²) in [7, 11) is 0. The number of carbonyl (C=O) groups is 2. The Bertz CT molecular complexity index is 1180. The summed E-state index contributed by atoms with van der Waals surface area (Å²) in [4.78, 5) is 33.7. The van der Waals surface area contributed by atoms with E-state index in [-0.39, 0.29) is 18.4 Å². The second-order valence-electron chi connectivity index (χ2n) is 7.96. The van der Waals surface area contributed by atoms with E-state index < -0.39 is 12.1 Å². The molecule has 6 nitrogen and oxygen atoms in total. The van der Waals surface area contributed by atoms with Gasteiger partial charge in [-0.25, -0.2) is 0 Å². The molecule has 1 saturated heterocycles. The Morgan fingerprint density at radius 2 is 1.94 bits per heavy atom. The van der Waals surface area contributed by atoms with E-state index in [4.69, 9.17) is 4.74 Å². The van der Waals surface area contributed by atoms with Gasteiger partial charge in [-0.15, -0.1) is 6.58 Å². The van der Waals surface area contributed by atoms with Crippen LogP contribution in [-0.2, 0) is 16.0 Å². The van der Waals surface area contributed by atoms with Crippen molar-refractivity contribution in [1.82, 2.24) is 14.8 Å². The monoisotopic (exact) mass is 415 g/mol. The molecule has 3 aromatic rings. The number of amides is 2. The third-order valence-corrected chi connectivity index (χ3v) is 6.21. The molecular weight excluding hydrogens is 390 g/mol. The van der Waals surface area contributed by atoms with Crippen molar-refractivity contribution in [3.8, 4) is 5.75 Å². The molecule has 1 fully saturated rings. The minimum Gasteiger partial charge on any atom is -0.494 e. The number of fused-ring (bicyclic) bond motifs is 4. The number of rotatable bonds is 5. The van der Waals surface area contributed by atoms with Crippen molar-refractivity contribution in [2.24, 2.45) is 0 Å². The van der Waals surface area contributed by atoms with Crippen molar-refractivity contribution >= 4 is 22.7 Å². The smallest absolute Gasteiger partial charge is 0.246 e. The molecule has 0 unspecified atom stereocenters. The third-order valence-electron chi connectivity index (χ3n) is 6.21. The second kappa shape index (κ2) is 7.61. The number of aromatic nitrogens is 1. The number of H-pyrrole nitrogens is 1. The quantitative estimate of drug-likeness (QED) is 0.650. The van der Waals surface area contributed by atoms with Gasteiger partial charge >= 0.3 is 0 Å². The molecule has 2 aromatic carbocycles. The zero-order valence-electron chi connectivity index (χ0n) is 17.5. The number of hydrogen-bond donors (Lipinski definition) is 1. The van der Waals surface area contributed by atoms with Gasteiger partial charge in [-0.05, 0) is 24.6 Å². The molecular formula is C25H25N3O3. The van der Waals surface area contributed by atoms with Gasteiger partial charge in [-0.3, -0.25) is 9.59 Å². The number of aromatic amines is 1. The fourth-order valence-electron chi connectivity index (χ4n) is 4.95. The van der Waals surface area contributed by atoms with E-state index in [1.165, 1.54) is 0 Å². The van der Waals surface area contributed by atoms with Gasteiger partial charge in [-0.1, -0.05) is 42.5 Å². The van der Waals surface area contributed by atoms with E-state index in [1.54, 1.807) is 15.9 Å². The van der Waals surface area contributed by atoms with Crippen molar-refractivity contribution in [3.63, 3.8) is 0 Å². The van der Waals surface area contributed by atoms with Crippen LogP contribution >= 0.6 is 0 Å². The molecule has 158 valence electrons. The number of hydrogen-bond acceptors (Lipinski definition) is 3. The standard InChI is InChI=1S/C25H25N3O3/c1-3-13-27-15-22(29)28-20(25(27)30)14-18-16-9-5-7-11-19(16)26-23(18)24(28)17-10-6-8-12-21(17)31-4-2/h3,5-12,20,24,26H,1,4,13-15H2,2H3/t20-,24-/m0/s1. The summed E-state index contributed by atoms with van der Waals surface area (Å²) in [6, 6.07) is 14.9. The number of carbonyl (C=O) groups excluding carboxylic acids is 2. The summed E-state index contributed by atoms with van der Waals surface area (Å²) < 4.78 is 5.92. The second-order valence-corrected chi connectivity index (χ2v) is 7.96. The lowest BCUT2D eigenvalue weighted by molar-refractivity contribution is -0.158. The van der Waals surface area contributed by atoms with E-state index in [2.05, 4.69) is 17.6 Å². The van der Waals surface area contributed by atoms with E-state index in [0.717, 1.165) is 33.5 Å². The maximum atomic E-state index is 13.4. The van der Waals surface area contributed by atoms with Crippen LogP contribution in [0.1, 0.15) is 29.8 Å². The Labute approximate surface area is 181 Å². The van der Waals surface area contributed by atoms with Gasteiger partial charge < -0.3 is 19.5 Å². The van der Waals surface area contributed by atoms with Crippen LogP contribution in [0.5, 0.6) is 5.75 Å². The lowest BCUT2D eigenvalue weighted by Crippen LogP contribution is -2.63. The molecule has 0 saturated carbocycles. The number of nitrogens with zero attached hydrogens (tertiary/aromatic N) is 2. The fourth-order valence-corrected chi connectivity index (χ4v) is 4.95. The Morgan fingerprint density at radius 3 is 2.74 bits per heavy atom. The van der Waals surface area contributed by atoms with Crippen molar-refractivity contribution < 1.29 is 14.3 Å². The summed E-state index contributed by atoms with van der Waals surface area (Å²) >= 11 is 0. The van der Waals surface area contributed by atoms with Crippen LogP contribution in [-0.4, -0.2) is 52.3 Å². The molecule has 6 heteroatoms. The number of benzene rings is 2. The van der Waals surface area contributed by atoms with Crippen molar-refractivity contribution in [2.45, 2.75) is 25.4 Å². The number of piperazine rings is 1. The molecule has 1 N–H and O–H groups in total. The zero-order valence-corrected chi connectivity index (χ0v) is 17.5. The highest BCUT2D eigenvalue weighted by molar-refractivity contribution is 5.97. The van der Waals surface area contributed by atoms with Crippen LogP contribution in [0.2, 0.25) is 0 Å². The maximum absolute atomic E-state index is 13.4. The fraction of sp³-hybridized carbons (Fsp3) is 0.280. The van der Waals surface area contributed by atoms with Crippen LogP contribution in [0.4, 0.5) is 0 Å². The Balaban J connectivity index is 1.73. The highest BCUT2D eigenvalue weighted by Crippen LogP contribution is 2.44. The average Bonchev–Trinajstić information content (AvgIpc) is 3.15. The Morgan fingerprint density at radius 1 is 1.16 bits per heavy atom. The molecule has 2 aliphatic rings. The topological polar surface area (TPSA) is 65.6 Å². The molecule has 2 aliphatic heterocycles. The molecule has 5 rings (SSSR count). The van der Waals surface area contributed by atoms with Gasteiger partial charge in [0.2, 0.25) is 11.8 Å². The summed E-state index contributed by atoms with van der Waals surface area (Å²) in [6.07, 6.45) is 2.16. The van der Waals surface area contributed by atoms with Gasteiger partial charge in [0.05, 0.1) is 6.61 Å². The van der Waals surface area contributed by atoms with Gasteiger partial charge in [0.1, 0.15) is 24.4 Å². The Hall–Kier alpha value is -3.54. The molecule has 0 spiro atoms. The lowest BCUT2D eigenvalue weighted by atomic mass is 9.86. The molecule has 31 heavy (non-hydrogen) atoms. The van der Waals surface area contributed by atoms with Gasteiger partial charge in [0.15, 0.2) is 0 Å². The maximum Gasteiger partial charge on any atom is 0.246 e. The highest BCUT2D eigenvalue weighted by atomic mass is 16.5. The summed E-state index contributed by atoms with van der Waals surface area (Å²) in [5, 5.41) is 1.09. The van der Waals surface area contributed by atoms with E-state index in [0.29, 0.717) is 19.6 Å². The van der Waals surface area contributed by atoms with E-state index >= 15 is 0 Å². The first kappa shape index (κ1) is 19.4. The Kier molecular flexibility index (Phi) is 4.77. The molecule has 2 atom stereocenters. The minimum absolute atomic E-state index is 0.0330. The molecule has 3 heterocycles. The first-order chi connectivity index (χ1) is 15.1. The first-order valence-corrected chi connectivity index (χ1v) is 10.7. The molecule has 1 aromatic heterocycles. The summed E-state index contributed by atoms with van der Waals surface area (Å²) in [5.74, 6) is 0.635. The highest BCUT2D eigenvalue weighted by Gasteiger charge is 2.48. The van der Waals surface area contributed by atoms with Gasteiger partial charge in [0.25, 0.3) is 0 Å². The van der Waals surface area contributed by atoms with Crippen LogP contribution in [0.25, 0.3) is 10.9 Å². The first-order valence-electron chi connectivity index (χ1n) is 10.7. The SMILES string of the molecule is C=CCN1CC(=O)N2[C@@H](c3ccccc3OCC)c3[nH]c4ccccc4c3C[C@H]2C1=O. The van der Waals surface area contributed by atoms with Crippen molar-refractivity contribution in [3.05, 3.63) is 78.0 Å². The summed E-state index contributed by atoms with van der Waals surface area (Å²) in [5.41, 5.74) is 3.95. The third kappa shape index (κ3) is 3.02. The van der Waals surface area contributed by atoms with Crippen LogP contribution in [0.3, 0.4) is 0 Å². The van der Waals surface area contributed by atoms with E-state index in [1.807, 2.05) is 49.4 Å². The predicted molar refractivity (Wildman–Crippen MR) is 119 cm³/mol. The van der Waals surface area contributed by atoms with Gasteiger partial charge in [0, 0.05) is 35.1 Å². The molecule has 0 bridgehead atoms. The van der Waals surface area contributed by atoms with Crippen molar-refractivity contribution in [1.29, 1.82) is 0 Å². The van der Waals surface area contributed by atoms with E-state index in [9.17, 15) is 9.59 Å². The van der Waals surface area contributed by atoms with Crippen molar-refractivity contribution in [2.75, 3.05) is 19.7 Å². The number of para-hydroxylation sites is 2. The zero-order chi connectivity index (χ0) is 21.5. The predicted octanol–water partition coefficient (Wildman–Crippen LogP) is 3.44. The molecule has 0 radical (unpaired) electrons. The molecule has 2 amide bonds. The van der Waals surface area contributed by atoms with Gasteiger partial charge in [-0.2, -0.15) is 0 Å². The van der Waals surface area contributed by atoms with Crippen LogP contribution < -0.4 is 4.74 Å². The number of nitrogens with one attached hydrogen (secondary N) is 1.